The van der Waals surface area contributed by atoms with Crippen LogP contribution in [-0.2, 0) is 0 Å². The van der Waals surface area contributed by atoms with Gasteiger partial charge < -0.3 is 14.6 Å². The molecule has 0 fully saturated rings. The van der Waals surface area contributed by atoms with E-state index in [-0.39, 0.29) is 0 Å². The summed E-state index contributed by atoms with van der Waals surface area (Å²) in [5.74, 6) is 0.873. The van der Waals surface area contributed by atoms with Gasteiger partial charge in [0.2, 0.25) is 0 Å². The number of rotatable bonds is 4. The molecule has 0 aliphatic rings. The fourth-order valence-electron chi connectivity index (χ4n) is 2.27. The number of nitrogens with zero attached hydrogens (tertiary/aromatic N) is 1. The number of H-pyrrole nitrogens is 1. The molecule has 0 bridgehead atoms. The molecule has 0 saturated heterocycles. The largest absolute Gasteiger partial charge is 0.497 e. The number of likely N-dealkylation sites (N-methyl/N-ethyl adjacent to an activating group) is 1. The number of ether oxygens (including phenoxy) is 1. The minimum absolute atomic E-state index is 0.814. The second-order valence-electron chi connectivity index (χ2n) is 4.93. The summed E-state index contributed by atoms with van der Waals surface area (Å²) >= 11 is 0. The van der Waals surface area contributed by atoms with E-state index < -0.39 is 0 Å². The number of aromatic amines is 1. The number of hydrogen-bond acceptors (Lipinski definition) is 2. The van der Waals surface area contributed by atoms with Crippen molar-refractivity contribution in [2.24, 2.45) is 0 Å². The Bertz CT molecular complexity index is 646. The van der Waals surface area contributed by atoms with Crippen LogP contribution in [0.1, 0.15) is 11.3 Å². The Morgan fingerprint density at radius 1 is 1.42 bits per heavy atom. The predicted octanol–water partition coefficient (Wildman–Crippen LogP) is 3.21. The summed E-state index contributed by atoms with van der Waals surface area (Å²) in [4.78, 5) is 5.56. The third-order valence-electron chi connectivity index (χ3n) is 3.25. The van der Waals surface area contributed by atoms with Crippen LogP contribution in [0.4, 0.5) is 0 Å². The van der Waals surface area contributed by atoms with E-state index in [1.807, 2.05) is 26.2 Å². The average molecular weight is 256 g/mol. The van der Waals surface area contributed by atoms with Gasteiger partial charge in [0.05, 0.1) is 12.8 Å². The molecule has 0 aliphatic heterocycles. The number of aryl methyl sites for hydroxylation is 1. The highest BCUT2D eigenvalue weighted by Crippen LogP contribution is 2.29. The summed E-state index contributed by atoms with van der Waals surface area (Å²) in [5.41, 5.74) is 7.55. The first-order valence-corrected chi connectivity index (χ1v) is 6.27. The highest BCUT2D eigenvalue weighted by Gasteiger charge is 2.12. The summed E-state index contributed by atoms with van der Waals surface area (Å²) in [7, 11) is 5.77. The molecule has 0 atom stereocenters. The second kappa shape index (κ2) is 5.35. The zero-order chi connectivity index (χ0) is 14.0. The van der Waals surface area contributed by atoms with E-state index in [1.165, 1.54) is 10.9 Å². The lowest BCUT2D eigenvalue weighted by Crippen LogP contribution is -2.14. The van der Waals surface area contributed by atoms with Crippen molar-refractivity contribution in [3.8, 4) is 5.75 Å². The van der Waals surface area contributed by atoms with Crippen molar-refractivity contribution in [1.82, 2.24) is 9.88 Å². The zero-order valence-corrected chi connectivity index (χ0v) is 12.0. The minimum atomic E-state index is 0.814. The Balaban J connectivity index is 2.56. The molecule has 0 aliphatic carbocycles. The van der Waals surface area contributed by atoms with Gasteiger partial charge in [-0.2, -0.15) is 0 Å². The number of aromatic nitrogens is 1. The average Bonchev–Trinajstić information content (AvgIpc) is 2.72. The van der Waals surface area contributed by atoms with Crippen molar-refractivity contribution in [3.63, 3.8) is 0 Å². The molecule has 3 nitrogen and oxygen atoms in total. The number of benzene rings is 1. The molecule has 1 aromatic carbocycles. The van der Waals surface area contributed by atoms with Crippen molar-refractivity contribution in [2.75, 3.05) is 27.7 Å². The first-order valence-electron chi connectivity index (χ1n) is 6.27. The fraction of sp³-hybridized carbons (Fsp3) is 0.312. The number of nitrogens with one attached hydrogen (secondary N) is 1. The van der Waals surface area contributed by atoms with E-state index in [1.54, 1.807) is 7.11 Å². The zero-order valence-electron chi connectivity index (χ0n) is 12.0. The van der Waals surface area contributed by atoms with Crippen molar-refractivity contribution in [3.05, 3.63) is 41.8 Å². The van der Waals surface area contributed by atoms with Gasteiger partial charge in [0, 0.05) is 23.0 Å². The molecular weight excluding hydrogens is 236 g/mol. The standard InChI is InChI=1S/C16H20N2O/c1-6-12(10-18(3)4)16-11(2)14-9-13(19-5)7-8-15(14)17-16/h7-9,17H,1,10H2,2-5H3. The van der Waals surface area contributed by atoms with Crippen LogP contribution in [0.3, 0.4) is 0 Å². The number of fused-ring (bicyclic) bond motifs is 1. The topological polar surface area (TPSA) is 28.3 Å². The lowest BCUT2D eigenvalue weighted by molar-refractivity contribution is 0.415. The lowest BCUT2D eigenvalue weighted by atomic mass is 10.1. The molecule has 2 aromatic rings. The molecule has 1 N–H and O–H groups in total. The maximum atomic E-state index is 5.28. The monoisotopic (exact) mass is 256 g/mol. The van der Waals surface area contributed by atoms with E-state index in [2.05, 4.69) is 35.2 Å². The first kappa shape index (κ1) is 13.5. The van der Waals surface area contributed by atoms with Gasteiger partial charge in [0.15, 0.2) is 0 Å². The molecule has 0 spiro atoms. The maximum Gasteiger partial charge on any atom is 0.119 e. The third kappa shape index (κ3) is 2.58. The van der Waals surface area contributed by atoms with Crippen LogP contribution < -0.4 is 4.74 Å². The predicted molar refractivity (Wildman–Crippen MR) is 80.7 cm³/mol. The fourth-order valence-corrected chi connectivity index (χ4v) is 2.27. The Kier molecular flexibility index (Phi) is 3.79. The van der Waals surface area contributed by atoms with Crippen molar-refractivity contribution >= 4 is 16.5 Å². The molecule has 100 valence electrons. The summed E-state index contributed by atoms with van der Waals surface area (Å²) in [6.45, 7) is 6.73. The van der Waals surface area contributed by atoms with Crippen molar-refractivity contribution < 1.29 is 4.74 Å². The molecule has 19 heavy (non-hydrogen) atoms. The van der Waals surface area contributed by atoms with E-state index >= 15 is 0 Å². The smallest absolute Gasteiger partial charge is 0.119 e. The van der Waals surface area contributed by atoms with E-state index in [4.69, 9.17) is 4.74 Å². The van der Waals surface area contributed by atoms with Gasteiger partial charge in [-0.15, -0.1) is 5.73 Å². The van der Waals surface area contributed by atoms with Gasteiger partial charge in [-0.25, -0.2) is 0 Å². The second-order valence-corrected chi connectivity index (χ2v) is 4.93. The maximum absolute atomic E-state index is 5.28. The Morgan fingerprint density at radius 2 is 2.16 bits per heavy atom. The Hall–Kier alpha value is -1.96. The molecular formula is C16H20N2O. The summed E-state index contributed by atoms with van der Waals surface area (Å²) < 4.78 is 5.28. The number of methoxy groups -OCH3 is 1. The quantitative estimate of drug-likeness (QED) is 0.851. The molecule has 3 heteroatoms. The van der Waals surface area contributed by atoms with Gasteiger partial charge in [-0.1, -0.05) is 6.58 Å². The SMILES string of the molecule is C=C=C(CN(C)C)c1[nH]c2ccc(OC)cc2c1C. The summed E-state index contributed by atoms with van der Waals surface area (Å²) in [6, 6.07) is 6.06. The lowest BCUT2D eigenvalue weighted by Gasteiger charge is -2.11. The first-order chi connectivity index (χ1) is 9.06. The van der Waals surface area contributed by atoms with Crippen LogP contribution in [-0.4, -0.2) is 37.6 Å². The van der Waals surface area contributed by atoms with Crippen LogP contribution in [0.25, 0.3) is 16.5 Å². The number of hydrogen-bond donors (Lipinski definition) is 1. The van der Waals surface area contributed by atoms with Crippen LogP contribution in [0, 0.1) is 6.92 Å². The molecule has 2 rings (SSSR count). The van der Waals surface area contributed by atoms with Crippen molar-refractivity contribution in [2.45, 2.75) is 6.92 Å². The minimum Gasteiger partial charge on any atom is -0.497 e. The van der Waals surface area contributed by atoms with Crippen molar-refractivity contribution in [1.29, 1.82) is 0 Å². The normalized spacial score (nSPS) is 10.8. The van der Waals surface area contributed by atoms with Gasteiger partial charge >= 0.3 is 0 Å². The van der Waals surface area contributed by atoms with Gasteiger partial charge in [-0.05, 0) is 44.8 Å². The summed E-state index contributed by atoms with van der Waals surface area (Å²) in [6.07, 6.45) is 0. The molecule has 0 radical (unpaired) electrons. The Morgan fingerprint density at radius 3 is 2.74 bits per heavy atom. The molecule has 1 aromatic heterocycles. The summed E-state index contributed by atoms with van der Waals surface area (Å²) in [5, 5.41) is 1.18. The molecule has 0 amide bonds. The van der Waals surface area contributed by atoms with Gasteiger partial charge in [-0.3, -0.25) is 0 Å². The molecule has 0 unspecified atom stereocenters. The molecule has 0 saturated carbocycles. The van der Waals surface area contributed by atoms with Crippen LogP contribution in [0.5, 0.6) is 5.75 Å². The van der Waals surface area contributed by atoms with Gasteiger partial charge in [0.1, 0.15) is 5.75 Å². The highest BCUT2D eigenvalue weighted by molar-refractivity contribution is 5.90. The van der Waals surface area contributed by atoms with E-state index in [0.29, 0.717) is 0 Å². The van der Waals surface area contributed by atoms with Crippen LogP contribution >= 0.6 is 0 Å². The third-order valence-corrected chi connectivity index (χ3v) is 3.25. The highest BCUT2D eigenvalue weighted by atomic mass is 16.5. The van der Waals surface area contributed by atoms with Crippen LogP contribution in [0.2, 0.25) is 0 Å². The van der Waals surface area contributed by atoms with E-state index in [0.717, 1.165) is 29.1 Å². The molecule has 1 heterocycles. The van der Waals surface area contributed by atoms with Crippen LogP contribution in [0.15, 0.2) is 30.5 Å². The van der Waals surface area contributed by atoms with E-state index in [9.17, 15) is 0 Å². The Labute approximate surface area is 114 Å². The van der Waals surface area contributed by atoms with Gasteiger partial charge in [0.25, 0.3) is 0 Å².